The van der Waals surface area contributed by atoms with Crippen molar-refractivity contribution in [3.05, 3.63) is 0 Å². The summed E-state index contributed by atoms with van der Waals surface area (Å²) >= 11 is 0. The molecular weight excluding hydrogens is 268 g/mol. The molecule has 0 aromatic heterocycles. The Balaban J connectivity index is -0.0000000267. The van der Waals surface area contributed by atoms with Crippen LogP contribution in [0.1, 0.15) is 0 Å². The maximum absolute atomic E-state index is 8.52. The third-order valence-electron chi connectivity index (χ3n) is 0. The van der Waals surface area contributed by atoms with Crippen LogP contribution >= 0.6 is 0 Å². The van der Waals surface area contributed by atoms with E-state index in [9.17, 15) is 0 Å². The van der Waals surface area contributed by atoms with E-state index in [0.29, 0.717) is 0 Å². The predicted octanol–water partition coefficient (Wildman–Crippen LogP) is -1.93. The van der Waals surface area contributed by atoms with Crippen molar-refractivity contribution in [2.24, 2.45) is 0 Å². The quantitative estimate of drug-likeness (QED) is 0.286. The average molecular weight is 276 g/mol. The van der Waals surface area contributed by atoms with Crippen molar-refractivity contribution >= 4 is 20.8 Å². The molecule has 0 fully saturated rings. The van der Waals surface area contributed by atoms with Gasteiger partial charge < -0.3 is 30.5 Å². The largest absolute Gasteiger partial charge is 2.00 e. The first kappa shape index (κ1) is 29.2. The Kier molecular flexibility index (Phi) is 23.5. The van der Waals surface area contributed by atoms with E-state index in [1.54, 1.807) is 0 Å². The van der Waals surface area contributed by atoms with E-state index in [0.717, 1.165) is 0 Å². The fraction of sp³-hybridized carbons (Fsp3) is 0. The van der Waals surface area contributed by atoms with E-state index >= 15 is 0 Å². The van der Waals surface area contributed by atoms with E-state index in [1.165, 1.54) is 0 Å². The molecule has 0 spiro atoms. The first-order chi connectivity index (χ1) is 4.00. The van der Waals surface area contributed by atoms with Crippen molar-refractivity contribution in [3.63, 3.8) is 0 Å². The summed E-state index contributed by atoms with van der Waals surface area (Å²) in [5, 5.41) is 0. The smallest absolute Gasteiger partial charge is 0.759 e. The van der Waals surface area contributed by atoms with E-state index in [4.69, 9.17) is 35.0 Å². The Morgan fingerprint density at radius 2 is 0.615 bits per heavy atom. The van der Waals surface area contributed by atoms with Crippen molar-refractivity contribution in [2.45, 2.75) is 0 Å². The molecule has 0 aliphatic rings. The molecule has 0 bridgehead atoms. The van der Waals surface area contributed by atoms with Crippen molar-refractivity contribution in [3.8, 4) is 0 Å². The Morgan fingerprint density at radius 3 is 0.615 bits per heavy atom. The van der Waals surface area contributed by atoms with Gasteiger partial charge in [-0.25, -0.2) is 0 Å². The van der Waals surface area contributed by atoms with Gasteiger partial charge in [-0.2, -0.15) is 0 Å². The van der Waals surface area contributed by atoms with Gasteiger partial charge in [0.2, 0.25) is 0 Å². The maximum atomic E-state index is 8.52. The van der Waals surface area contributed by atoms with Gasteiger partial charge in [0.25, 0.3) is 0 Å². The van der Waals surface area contributed by atoms with Gasteiger partial charge in [0.1, 0.15) is 0 Å². The molecule has 0 radical (unpaired) electrons. The summed E-state index contributed by atoms with van der Waals surface area (Å²) in [6.07, 6.45) is 0. The predicted molar refractivity (Wildman–Crippen MR) is 32.9 cm³/mol. The van der Waals surface area contributed by atoms with Gasteiger partial charge in [0, 0.05) is 20.8 Å². The summed E-state index contributed by atoms with van der Waals surface area (Å²) in [7, 11) is -10.3. The van der Waals surface area contributed by atoms with Gasteiger partial charge in [-0.1, -0.05) is 0 Å². The van der Waals surface area contributed by atoms with Gasteiger partial charge in [-0.05, 0) is 0 Å². The minimum absolute atomic E-state index is 0. The molecule has 13 heavy (non-hydrogen) atoms. The molecule has 0 amide bonds. The molecule has 8 N–H and O–H groups in total. The summed E-state index contributed by atoms with van der Waals surface area (Å²) in [6.45, 7) is 0. The molecule has 0 saturated heterocycles. The molecule has 82 valence electrons. The first-order valence-corrected chi connectivity index (χ1v) is 4.00. The molecule has 0 heterocycles. The molecule has 0 aliphatic heterocycles. The number of hydrogen-bond donors (Lipinski definition) is 2. The van der Waals surface area contributed by atoms with Crippen LogP contribution in [0.5, 0.6) is 0 Å². The maximum Gasteiger partial charge on any atom is 2.00 e. The summed E-state index contributed by atoms with van der Waals surface area (Å²) in [4.78, 5) is 0. The molecule has 0 aromatic rings. The van der Waals surface area contributed by atoms with Crippen LogP contribution in [0.4, 0.5) is 0 Å². The molecule has 10 nitrogen and oxygen atoms in total. The van der Waals surface area contributed by atoms with Crippen LogP contribution in [0.25, 0.3) is 0 Å². The third kappa shape index (κ3) is 9510. The number of hydrogen-bond acceptors (Lipinski definition) is 8. The third-order valence-corrected chi connectivity index (χ3v) is 0. The molecule has 0 aromatic carbocycles. The fourth-order valence-corrected chi connectivity index (χ4v) is 0. The van der Waals surface area contributed by atoms with E-state index in [-0.39, 0.29) is 34.0 Å². The first-order valence-electron chi connectivity index (χ1n) is 1.33. The van der Waals surface area contributed by atoms with Crippen molar-refractivity contribution in [2.75, 3.05) is 0 Å². The number of rotatable bonds is 0. The standard InChI is InChI=1S/2H3N.2H2O4S.Ti/c;;2*1-5(2,3)4;/h2*1H3;2*(H2,1,2,3,4);/q;;;;+2/p-2. The van der Waals surface area contributed by atoms with Crippen molar-refractivity contribution in [1.29, 1.82) is 0 Å². The molecule has 0 rings (SSSR count). The Morgan fingerprint density at radius 1 is 0.615 bits per heavy atom. The molecule has 0 atom stereocenters. The fourth-order valence-electron chi connectivity index (χ4n) is 0. The van der Waals surface area contributed by atoms with Crippen LogP contribution in [0, 0.1) is 0 Å². The molecule has 13 heteroatoms. The molecule has 0 unspecified atom stereocenters. The van der Waals surface area contributed by atoms with Crippen LogP contribution in [-0.2, 0) is 42.5 Å². The minimum atomic E-state index is -5.17. The van der Waals surface area contributed by atoms with Gasteiger partial charge in [0.05, 0.1) is 0 Å². The Bertz CT molecular complexity index is 217. The summed E-state index contributed by atoms with van der Waals surface area (Å²) in [5.41, 5.74) is 0. The van der Waals surface area contributed by atoms with Crippen LogP contribution in [0.2, 0.25) is 0 Å². The van der Waals surface area contributed by atoms with E-state index in [2.05, 4.69) is 0 Å². The topological polar surface area (TPSA) is 234 Å². The zero-order chi connectivity index (χ0) is 9.00. The SMILES string of the molecule is O=S(=O)([O-])[O-].O=S(=O)([O-])[O-].[NH4+].[NH4+].[Ti+2]. The van der Waals surface area contributed by atoms with Crippen molar-refractivity contribution < 1.29 is 56.8 Å². The van der Waals surface area contributed by atoms with Gasteiger partial charge in [-0.3, -0.25) is 16.8 Å². The Hall–Kier alpha value is 0.374. The Labute approximate surface area is 89.9 Å². The zero-order valence-corrected chi connectivity index (χ0v) is 9.78. The number of quaternary nitrogens is 2. The normalized spacial score (nSPS) is 8.92. The van der Waals surface area contributed by atoms with Gasteiger partial charge in [-0.15, -0.1) is 0 Å². The summed E-state index contributed by atoms with van der Waals surface area (Å²) < 4.78 is 68.2. The summed E-state index contributed by atoms with van der Waals surface area (Å²) in [6, 6.07) is 0. The van der Waals surface area contributed by atoms with Crippen molar-refractivity contribution in [1.82, 2.24) is 12.3 Å². The van der Waals surface area contributed by atoms with Crippen LogP contribution in [0.3, 0.4) is 0 Å². The summed E-state index contributed by atoms with van der Waals surface area (Å²) in [5.74, 6) is 0. The van der Waals surface area contributed by atoms with E-state index < -0.39 is 20.8 Å². The van der Waals surface area contributed by atoms with Crippen LogP contribution in [-0.4, -0.2) is 35.0 Å². The zero-order valence-electron chi connectivity index (χ0n) is 6.58. The second-order valence-electron chi connectivity index (χ2n) is 0.816. The van der Waals surface area contributed by atoms with Crippen LogP contribution in [0.15, 0.2) is 0 Å². The second kappa shape index (κ2) is 10.5. The average Bonchev–Trinajstić information content (AvgIpc) is 1.12. The second-order valence-corrected chi connectivity index (χ2v) is 2.45. The molecule has 0 aliphatic carbocycles. The van der Waals surface area contributed by atoms with Gasteiger partial charge >= 0.3 is 21.7 Å². The minimum Gasteiger partial charge on any atom is -0.759 e. The monoisotopic (exact) mass is 276 g/mol. The van der Waals surface area contributed by atoms with E-state index in [1.807, 2.05) is 0 Å². The van der Waals surface area contributed by atoms with Crippen LogP contribution < -0.4 is 12.3 Å². The molecule has 0 saturated carbocycles. The molecular formula is H8N2O8S2Ti. The van der Waals surface area contributed by atoms with Gasteiger partial charge in [0.15, 0.2) is 0 Å².